The van der Waals surface area contributed by atoms with Crippen LogP contribution in [0.4, 0.5) is 5.69 Å². The van der Waals surface area contributed by atoms with E-state index in [1.54, 1.807) is 11.3 Å². The van der Waals surface area contributed by atoms with Crippen LogP contribution in [0.1, 0.15) is 36.2 Å². The van der Waals surface area contributed by atoms with Gasteiger partial charge in [-0.3, -0.25) is 0 Å². The zero-order valence-corrected chi connectivity index (χ0v) is 11.7. The number of anilines is 1. The Morgan fingerprint density at radius 3 is 2.63 bits per heavy atom. The van der Waals surface area contributed by atoms with Crippen molar-refractivity contribution >= 4 is 22.0 Å². The smallest absolute Gasteiger partial charge is 0.234 e. The molecule has 0 aliphatic carbocycles. The lowest BCUT2D eigenvalue weighted by Crippen LogP contribution is -1.99. The average molecular weight is 273 g/mol. The molecular formula is C13H15N5S. The van der Waals surface area contributed by atoms with Crippen LogP contribution in [0.25, 0.3) is 4.96 Å². The van der Waals surface area contributed by atoms with Crippen LogP contribution < -0.4 is 5.73 Å². The van der Waals surface area contributed by atoms with Crippen LogP contribution in [0.3, 0.4) is 0 Å². The maximum absolute atomic E-state index is 5.68. The summed E-state index contributed by atoms with van der Waals surface area (Å²) >= 11 is 1.58. The third-order valence-corrected chi connectivity index (χ3v) is 3.81. The van der Waals surface area contributed by atoms with Crippen molar-refractivity contribution in [3.63, 3.8) is 0 Å². The van der Waals surface area contributed by atoms with Crippen LogP contribution >= 0.6 is 11.3 Å². The maximum Gasteiger partial charge on any atom is 0.234 e. The molecule has 0 amide bonds. The number of nitrogen functional groups attached to an aromatic ring is 1. The quantitative estimate of drug-likeness (QED) is 0.744. The molecule has 5 nitrogen and oxygen atoms in total. The summed E-state index contributed by atoms with van der Waals surface area (Å²) in [5, 5.41) is 14.0. The molecule has 3 aromatic rings. The normalized spacial score (nSPS) is 11.5. The summed E-state index contributed by atoms with van der Waals surface area (Å²) in [6.45, 7) is 4.19. The Bertz CT molecular complexity index is 695. The molecule has 0 radical (unpaired) electrons. The van der Waals surface area contributed by atoms with Crippen LogP contribution in [-0.2, 0) is 6.42 Å². The fourth-order valence-corrected chi connectivity index (χ4v) is 2.79. The zero-order valence-electron chi connectivity index (χ0n) is 10.9. The third kappa shape index (κ3) is 2.31. The van der Waals surface area contributed by atoms with E-state index in [-0.39, 0.29) is 0 Å². The van der Waals surface area contributed by atoms with Crippen LogP contribution in [-0.4, -0.2) is 19.8 Å². The Morgan fingerprint density at radius 1 is 1.21 bits per heavy atom. The molecule has 2 heterocycles. The van der Waals surface area contributed by atoms with Crippen molar-refractivity contribution in [2.45, 2.75) is 26.2 Å². The largest absolute Gasteiger partial charge is 0.399 e. The van der Waals surface area contributed by atoms with Gasteiger partial charge in [0.25, 0.3) is 0 Å². The number of nitrogens with two attached hydrogens (primary N) is 1. The van der Waals surface area contributed by atoms with Crippen molar-refractivity contribution < 1.29 is 0 Å². The van der Waals surface area contributed by atoms with Crippen molar-refractivity contribution in [1.82, 2.24) is 19.8 Å². The first-order valence-corrected chi connectivity index (χ1v) is 7.00. The molecule has 0 aliphatic heterocycles. The first-order chi connectivity index (χ1) is 9.13. The molecule has 0 unspecified atom stereocenters. The highest BCUT2D eigenvalue weighted by molar-refractivity contribution is 7.16. The van der Waals surface area contributed by atoms with E-state index in [1.165, 1.54) is 5.56 Å². The van der Waals surface area contributed by atoms with Gasteiger partial charge in [0, 0.05) is 18.0 Å². The first kappa shape index (κ1) is 12.1. The fraction of sp³-hybridized carbons (Fsp3) is 0.308. The van der Waals surface area contributed by atoms with Gasteiger partial charge in [0.1, 0.15) is 5.01 Å². The highest BCUT2D eigenvalue weighted by Crippen LogP contribution is 2.20. The molecule has 2 aromatic heterocycles. The number of hydrogen-bond donors (Lipinski definition) is 1. The molecule has 0 bridgehead atoms. The lowest BCUT2D eigenvalue weighted by molar-refractivity contribution is 0.719. The van der Waals surface area contributed by atoms with Gasteiger partial charge >= 0.3 is 0 Å². The Hall–Kier alpha value is -1.95. The predicted octanol–water partition coefficient (Wildman–Crippen LogP) is 2.48. The summed E-state index contributed by atoms with van der Waals surface area (Å²) in [4.78, 5) is 0.856. The summed E-state index contributed by atoms with van der Waals surface area (Å²) in [5.74, 6) is 1.23. The summed E-state index contributed by atoms with van der Waals surface area (Å²) in [7, 11) is 0. The highest BCUT2D eigenvalue weighted by atomic mass is 32.1. The monoisotopic (exact) mass is 273 g/mol. The Labute approximate surface area is 115 Å². The minimum Gasteiger partial charge on any atom is -0.399 e. The standard InChI is InChI=1S/C13H15N5S/c1-8(2)12-15-16-13-18(12)17-11(19-13)7-9-3-5-10(14)6-4-9/h3-6,8H,7,14H2,1-2H3. The van der Waals surface area contributed by atoms with E-state index < -0.39 is 0 Å². The average Bonchev–Trinajstić information content (AvgIpc) is 2.91. The Balaban J connectivity index is 1.91. The first-order valence-electron chi connectivity index (χ1n) is 6.19. The van der Waals surface area contributed by atoms with Gasteiger partial charge in [0.2, 0.25) is 4.96 Å². The van der Waals surface area contributed by atoms with Gasteiger partial charge in [-0.25, -0.2) is 0 Å². The van der Waals surface area contributed by atoms with Gasteiger partial charge in [-0.2, -0.15) is 9.61 Å². The van der Waals surface area contributed by atoms with Crippen LogP contribution in [0.2, 0.25) is 0 Å². The van der Waals surface area contributed by atoms with Crippen LogP contribution in [0.5, 0.6) is 0 Å². The van der Waals surface area contributed by atoms with Crippen molar-refractivity contribution in [3.05, 3.63) is 40.7 Å². The van der Waals surface area contributed by atoms with E-state index >= 15 is 0 Å². The van der Waals surface area contributed by atoms with E-state index in [1.807, 2.05) is 28.8 Å². The number of rotatable bonds is 3. The second-order valence-electron chi connectivity index (χ2n) is 4.82. The summed E-state index contributed by atoms with van der Waals surface area (Å²) in [6, 6.07) is 7.88. The van der Waals surface area contributed by atoms with E-state index in [9.17, 15) is 0 Å². The van der Waals surface area contributed by atoms with Crippen LogP contribution in [0.15, 0.2) is 24.3 Å². The molecule has 0 spiro atoms. The minimum absolute atomic E-state index is 0.321. The van der Waals surface area contributed by atoms with Gasteiger partial charge in [0.15, 0.2) is 5.82 Å². The minimum atomic E-state index is 0.321. The second kappa shape index (κ2) is 4.62. The van der Waals surface area contributed by atoms with Gasteiger partial charge in [-0.05, 0) is 17.7 Å². The third-order valence-electron chi connectivity index (χ3n) is 2.91. The number of benzene rings is 1. The highest BCUT2D eigenvalue weighted by Gasteiger charge is 2.14. The molecule has 0 fully saturated rings. The van der Waals surface area contributed by atoms with Crippen molar-refractivity contribution in [2.75, 3.05) is 5.73 Å². The summed E-state index contributed by atoms with van der Waals surface area (Å²) in [6.07, 6.45) is 0.797. The van der Waals surface area contributed by atoms with Crippen molar-refractivity contribution in [1.29, 1.82) is 0 Å². The number of aromatic nitrogens is 4. The Morgan fingerprint density at radius 2 is 1.95 bits per heavy atom. The summed E-state index contributed by atoms with van der Waals surface area (Å²) in [5.41, 5.74) is 7.66. The molecular weight excluding hydrogens is 258 g/mol. The molecule has 0 atom stereocenters. The lowest BCUT2D eigenvalue weighted by Gasteiger charge is -1.99. The maximum atomic E-state index is 5.68. The molecule has 1 aromatic carbocycles. The second-order valence-corrected chi connectivity index (χ2v) is 5.86. The van der Waals surface area contributed by atoms with Gasteiger partial charge in [-0.1, -0.05) is 37.3 Å². The topological polar surface area (TPSA) is 69.1 Å². The number of nitrogens with zero attached hydrogens (tertiary/aromatic N) is 4. The number of fused-ring (bicyclic) bond motifs is 1. The van der Waals surface area contributed by atoms with Crippen LogP contribution in [0, 0.1) is 0 Å². The molecule has 0 saturated heterocycles. The van der Waals surface area contributed by atoms with E-state index in [4.69, 9.17) is 5.73 Å². The van der Waals surface area contributed by atoms with Crippen molar-refractivity contribution in [2.24, 2.45) is 0 Å². The predicted molar refractivity (Wildman–Crippen MR) is 76.4 cm³/mol. The van der Waals surface area contributed by atoms with E-state index in [2.05, 4.69) is 29.1 Å². The van der Waals surface area contributed by atoms with E-state index in [0.717, 1.165) is 27.9 Å². The molecule has 2 N–H and O–H groups in total. The summed E-state index contributed by atoms with van der Waals surface area (Å²) < 4.78 is 1.85. The van der Waals surface area contributed by atoms with Crippen molar-refractivity contribution in [3.8, 4) is 0 Å². The molecule has 19 heavy (non-hydrogen) atoms. The van der Waals surface area contributed by atoms with E-state index in [0.29, 0.717) is 5.92 Å². The molecule has 6 heteroatoms. The fourth-order valence-electron chi connectivity index (χ4n) is 1.91. The molecule has 0 aliphatic rings. The molecule has 3 rings (SSSR count). The van der Waals surface area contributed by atoms with Gasteiger partial charge < -0.3 is 5.73 Å². The SMILES string of the molecule is CC(C)c1nnc2sc(Cc3ccc(N)cc3)nn12. The van der Waals surface area contributed by atoms with Gasteiger partial charge in [-0.15, -0.1) is 10.2 Å². The lowest BCUT2D eigenvalue weighted by atomic mass is 10.1. The Kier molecular flexibility index (Phi) is 2.94. The van der Waals surface area contributed by atoms with Gasteiger partial charge in [0.05, 0.1) is 0 Å². The number of hydrogen-bond acceptors (Lipinski definition) is 5. The molecule has 98 valence electrons. The molecule has 0 saturated carbocycles. The zero-order chi connectivity index (χ0) is 13.4.